The summed E-state index contributed by atoms with van der Waals surface area (Å²) in [4.78, 5) is 25.7. The van der Waals surface area contributed by atoms with E-state index in [-0.39, 0.29) is 44.1 Å². The molecule has 10 aromatic carbocycles. The smallest absolute Gasteiger partial charge is 0.513 e. The van der Waals surface area contributed by atoms with Crippen molar-refractivity contribution in [3.63, 3.8) is 0 Å². The highest BCUT2D eigenvalue weighted by molar-refractivity contribution is 6.17. The van der Waals surface area contributed by atoms with E-state index >= 15 is 0 Å². The third kappa shape index (κ3) is 17.2. The van der Waals surface area contributed by atoms with Gasteiger partial charge in [-0.25, -0.2) is 9.59 Å². The fourth-order valence-corrected chi connectivity index (χ4v) is 12.7. The highest BCUT2D eigenvalue weighted by atomic mass is 35.5. The molecular weight excluding hydrogens is 1230 g/mol. The molecule has 11 nitrogen and oxygen atoms in total. The van der Waals surface area contributed by atoms with Crippen LogP contribution in [-0.4, -0.2) is 82.5 Å². The number of nitrogens with one attached hydrogen (secondary N) is 1. The molecule has 0 amide bonds. The van der Waals surface area contributed by atoms with Gasteiger partial charge >= 0.3 is 12.3 Å². The molecule has 0 unspecified atom stereocenters. The van der Waals surface area contributed by atoms with Crippen LogP contribution in [0.4, 0.5) is 9.59 Å². The molecule has 95 heavy (non-hydrogen) atoms. The molecule has 0 atom stereocenters. The first kappa shape index (κ1) is 68.1. The van der Waals surface area contributed by atoms with E-state index in [1.54, 1.807) is 0 Å². The molecule has 2 aliphatic rings. The van der Waals surface area contributed by atoms with Crippen LogP contribution in [0.2, 0.25) is 0 Å². The Balaban J connectivity index is 0.000000205. The summed E-state index contributed by atoms with van der Waals surface area (Å²) >= 11 is 5.77. The average molecular weight is 1310 g/mol. The van der Waals surface area contributed by atoms with Gasteiger partial charge in [0.15, 0.2) is 0 Å². The molecule has 0 aliphatic heterocycles. The van der Waals surface area contributed by atoms with E-state index in [2.05, 4.69) is 146 Å². The quantitative estimate of drug-likeness (QED) is 0.0158. The molecule has 0 fully saturated rings. The first-order valence-electron chi connectivity index (χ1n) is 32.3. The van der Waals surface area contributed by atoms with E-state index < -0.39 is 12.3 Å². The number of alkyl halides is 1. The predicted octanol–water partition coefficient (Wildman–Crippen LogP) is 13.9. The Bertz CT molecular complexity index is 3820. The number of allylic oxidation sites excluding steroid dienone is 2. The number of hydrogen-bond donors (Lipinski definition) is 3. The van der Waals surface area contributed by atoms with Gasteiger partial charge in [-0.3, -0.25) is 0 Å². The zero-order chi connectivity index (χ0) is 64.9. The van der Waals surface area contributed by atoms with Crippen molar-refractivity contribution in [2.75, 3.05) is 65.1 Å². The van der Waals surface area contributed by atoms with Crippen LogP contribution in [0, 0.1) is 0 Å². The third-order valence-electron chi connectivity index (χ3n) is 16.9. The molecule has 10 aromatic rings. The van der Waals surface area contributed by atoms with Crippen molar-refractivity contribution in [2.24, 2.45) is 0 Å². The lowest BCUT2D eigenvalue weighted by Crippen LogP contribution is -3.00. The molecule has 12 rings (SSSR count). The summed E-state index contributed by atoms with van der Waals surface area (Å²) in [6.07, 6.45) is 0.221. The van der Waals surface area contributed by atoms with Gasteiger partial charge in [0.1, 0.15) is 56.0 Å². The average Bonchev–Trinajstić information content (AvgIpc) is 1.77. The molecule has 0 saturated heterocycles. The summed E-state index contributed by atoms with van der Waals surface area (Å²) < 4.78 is 34.4. The Morgan fingerprint density at radius 2 is 0.747 bits per heavy atom. The van der Waals surface area contributed by atoms with E-state index in [4.69, 9.17) is 45.1 Å². The van der Waals surface area contributed by atoms with Crippen LogP contribution in [0.3, 0.4) is 0 Å². The first-order valence-corrected chi connectivity index (χ1v) is 32.8. The lowest BCUT2D eigenvalue weighted by molar-refractivity contribution is -0.651. The van der Waals surface area contributed by atoms with Crippen LogP contribution in [0.15, 0.2) is 255 Å². The van der Waals surface area contributed by atoms with Gasteiger partial charge in [0.25, 0.3) is 0 Å². The molecule has 0 saturated carbocycles. The molecule has 0 spiro atoms. The van der Waals surface area contributed by atoms with Gasteiger partial charge in [-0.05, 0) is 162 Å². The largest absolute Gasteiger partial charge is 1.00 e. The van der Waals surface area contributed by atoms with Crippen LogP contribution < -0.4 is 42.0 Å². The summed E-state index contributed by atoms with van der Waals surface area (Å²) in [7, 11) is 0. The molecule has 2 aliphatic carbocycles. The number of halogens is 2. The van der Waals surface area contributed by atoms with Gasteiger partial charge < -0.3 is 56.6 Å². The maximum Gasteiger partial charge on any atom is 0.513 e. The number of rotatable bonds is 26. The zero-order valence-electron chi connectivity index (χ0n) is 53.4. The van der Waals surface area contributed by atoms with E-state index in [9.17, 15) is 9.59 Å². The SMILES string of the molecule is CC/C(=C(/c1ccc(OCCNCCO)cc1)c1ccc(OC(=O)OCC2c3ccccc3-c3ccccc32)cc1)c1ccccc1.CC/C(=C(/c1ccc(OCC[NH2+]CCCl)cc1)c1ccc(OC(=O)OCC2c3ccccc3-c3ccccc32)cc1)c1ccccc1.[Cl-]. The van der Waals surface area contributed by atoms with Crippen molar-refractivity contribution in [1.29, 1.82) is 0 Å². The minimum atomic E-state index is -0.726. The number of carbonyl (C=O) groups is 2. The summed E-state index contributed by atoms with van der Waals surface area (Å²) in [6.45, 7) is 8.93. The minimum absolute atomic E-state index is 0. The van der Waals surface area contributed by atoms with Crippen molar-refractivity contribution in [2.45, 2.75) is 38.5 Å². The predicted molar refractivity (Wildman–Crippen MR) is 376 cm³/mol. The number of hydrogen-bond acceptors (Lipinski definition) is 10. The Labute approximate surface area is 568 Å². The molecular formula is C82H78Cl2N2O9. The highest BCUT2D eigenvalue weighted by Gasteiger charge is 2.31. The summed E-state index contributed by atoms with van der Waals surface area (Å²) in [5.41, 5.74) is 20.5. The second-order valence-corrected chi connectivity index (χ2v) is 23.1. The maximum absolute atomic E-state index is 12.9. The molecule has 0 aromatic heterocycles. The molecule has 4 N–H and O–H groups in total. The molecule has 484 valence electrons. The number of aliphatic hydroxyl groups is 1. The fraction of sp³-hybridized carbons (Fsp3) is 0.195. The van der Waals surface area contributed by atoms with Crippen molar-refractivity contribution < 1.29 is 60.8 Å². The summed E-state index contributed by atoms with van der Waals surface area (Å²) in [5.74, 6) is 3.03. The van der Waals surface area contributed by atoms with E-state index in [0.29, 0.717) is 43.7 Å². The van der Waals surface area contributed by atoms with E-state index in [1.165, 1.54) is 39.0 Å². The first-order chi connectivity index (χ1) is 46.3. The zero-order valence-corrected chi connectivity index (χ0v) is 54.9. The molecule has 0 heterocycles. The topological polar surface area (TPSA) is 138 Å². The van der Waals surface area contributed by atoms with Crippen molar-refractivity contribution in [3.05, 3.63) is 310 Å². The molecule has 0 bridgehead atoms. The minimum Gasteiger partial charge on any atom is -1.00 e. The second-order valence-electron chi connectivity index (χ2n) is 22.7. The van der Waals surface area contributed by atoms with Crippen LogP contribution in [0.1, 0.15) is 94.2 Å². The lowest BCUT2D eigenvalue weighted by atomic mass is 9.88. The standard InChI is InChI=1S/C41H38ClNO4.C41H39NO5.ClH/c1-2-34(29-10-4-3-5-11-29)40(30-16-20-32(21-17-30)45-27-26-43-25-24-42)31-18-22-33(23-19-31)47-41(44)46-28-39-37-14-8-6-12-35(37)36-13-7-9-15-38(36)39;1-2-34(29-10-4-3-5-11-29)40(30-16-20-32(21-17-30)45-27-25-42-24-26-43)31-18-22-33(23-19-31)47-41(44)46-28-39-37-14-8-6-12-35(37)36-13-7-9-15-38(36)39;/h3-23,39,43H,2,24-28H2,1H3;3-23,39,42-43H,2,24-28H2,1H3;1H/b2*40-34+;. The van der Waals surface area contributed by atoms with Crippen molar-refractivity contribution in [3.8, 4) is 45.3 Å². The van der Waals surface area contributed by atoms with Crippen LogP contribution in [-0.2, 0) is 9.47 Å². The highest BCUT2D eigenvalue weighted by Crippen LogP contribution is 2.46. The number of carbonyl (C=O) groups excluding carboxylic acids is 2. The van der Waals surface area contributed by atoms with Gasteiger partial charge in [0.05, 0.1) is 19.0 Å². The Kier molecular flexibility index (Phi) is 24.7. The summed E-state index contributed by atoms with van der Waals surface area (Å²) in [5, 5.41) is 14.2. The monoisotopic (exact) mass is 1300 g/mol. The maximum atomic E-state index is 12.9. The number of benzene rings is 10. The lowest BCUT2D eigenvalue weighted by Gasteiger charge is -2.17. The van der Waals surface area contributed by atoms with Gasteiger partial charge in [0.2, 0.25) is 0 Å². The molecule has 13 heteroatoms. The van der Waals surface area contributed by atoms with E-state index in [0.717, 1.165) is 98.6 Å². The van der Waals surface area contributed by atoms with Gasteiger partial charge in [-0.15, -0.1) is 11.6 Å². The van der Waals surface area contributed by atoms with Crippen LogP contribution in [0.5, 0.6) is 23.0 Å². The number of fused-ring (bicyclic) bond motifs is 6. The second kappa shape index (κ2) is 34.4. The van der Waals surface area contributed by atoms with Gasteiger partial charge in [-0.2, -0.15) is 0 Å². The van der Waals surface area contributed by atoms with Crippen molar-refractivity contribution in [1.82, 2.24) is 5.32 Å². The number of nitrogens with two attached hydrogens (primary N) is 1. The number of quaternary nitrogens is 1. The third-order valence-corrected chi connectivity index (χ3v) is 17.1. The Hall–Kier alpha value is -9.72. The van der Waals surface area contributed by atoms with Gasteiger partial charge in [-0.1, -0.05) is 220 Å². The van der Waals surface area contributed by atoms with Gasteiger partial charge in [0, 0.05) is 24.9 Å². The van der Waals surface area contributed by atoms with E-state index in [1.807, 2.05) is 133 Å². The Morgan fingerprint density at radius 1 is 0.411 bits per heavy atom. The van der Waals surface area contributed by atoms with Crippen molar-refractivity contribution >= 4 is 46.2 Å². The number of ether oxygens (including phenoxy) is 6. The normalized spacial score (nSPS) is 12.4. The molecule has 0 radical (unpaired) electrons. The fourth-order valence-electron chi connectivity index (χ4n) is 12.5. The van der Waals surface area contributed by atoms with Crippen LogP contribution >= 0.6 is 11.6 Å². The number of aliphatic hydroxyl groups excluding tert-OH is 1. The van der Waals surface area contributed by atoms with Crippen LogP contribution in [0.25, 0.3) is 44.5 Å². The summed E-state index contributed by atoms with van der Waals surface area (Å²) in [6, 6.07) is 85.5. The Morgan fingerprint density at radius 3 is 1.09 bits per heavy atom.